The van der Waals surface area contributed by atoms with E-state index >= 15 is 0 Å². The van der Waals surface area contributed by atoms with E-state index in [2.05, 4.69) is 16.3 Å². The Hall–Kier alpha value is -1.18. The Morgan fingerprint density at radius 1 is 1.56 bits per heavy atom. The predicted molar refractivity (Wildman–Crippen MR) is 35.9 cm³/mol. The maximum atomic E-state index is 3.90. The molecule has 0 amide bonds. The molecule has 2 nitrogen and oxygen atoms in total. The van der Waals surface area contributed by atoms with Gasteiger partial charge in [0.05, 0.1) is 11.9 Å². The number of azo groups is 1. The molecule has 1 aliphatic heterocycles. The molecule has 2 aliphatic rings. The molecular formula is C7H7N2+. The van der Waals surface area contributed by atoms with Crippen molar-refractivity contribution in [3.63, 3.8) is 0 Å². The van der Waals surface area contributed by atoms with Crippen LogP contribution in [0, 0.1) is 0 Å². The minimum atomic E-state index is 0. The van der Waals surface area contributed by atoms with Crippen LogP contribution in [0.1, 0.15) is 7.85 Å². The topological polar surface area (TPSA) is 24.7 Å². The maximum absolute atomic E-state index is 3.90. The molecule has 0 radical (unpaired) electrons. The molecule has 2 rings (SSSR count). The van der Waals surface area contributed by atoms with Crippen LogP contribution in [0.5, 0.6) is 0 Å². The second kappa shape index (κ2) is 1.65. The van der Waals surface area contributed by atoms with Gasteiger partial charge in [0.2, 0.25) is 0 Å². The summed E-state index contributed by atoms with van der Waals surface area (Å²) in [6.07, 6.45) is 8.89. The Morgan fingerprint density at radius 3 is 3.44 bits per heavy atom. The van der Waals surface area contributed by atoms with Crippen molar-refractivity contribution < 1.29 is 1.43 Å². The van der Waals surface area contributed by atoms with Crippen molar-refractivity contribution in [2.45, 2.75) is 6.42 Å². The summed E-state index contributed by atoms with van der Waals surface area (Å²) in [6.45, 7) is 0. The van der Waals surface area contributed by atoms with Gasteiger partial charge in [0, 0.05) is 5.57 Å². The van der Waals surface area contributed by atoms with E-state index in [0.29, 0.717) is 0 Å². The first-order valence-corrected chi connectivity index (χ1v) is 2.94. The monoisotopic (exact) mass is 119 g/mol. The third kappa shape index (κ3) is 0.633. The minimum absolute atomic E-state index is 0. The minimum Gasteiger partial charge on any atom is -0.158 e. The number of allylic oxidation sites excluding steroid dienone is 4. The van der Waals surface area contributed by atoms with Gasteiger partial charge in [-0.2, -0.15) is 10.2 Å². The fraction of sp³-hybridized carbons (Fsp3) is 0.143. The normalized spacial score (nSPS) is 21.3. The molecule has 1 aliphatic carbocycles. The zero-order chi connectivity index (χ0) is 6.10. The van der Waals surface area contributed by atoms with Gasteiger partial charge in [-0.1, -0.05) is 12.2 Å². The highest BCUT2D eigenvalue weighted by molar-refractivity contribution is 5.39. The van der Waals surface area contributed by atoms with Gasteiger partial charge in [0.1, 0.15) is 0 Å². The molecule has 0 atom stereocenters. The van der Waals surface area contributed by atoms with Crippen LogP contribution in [0.4, 0.5) is 0 Å². The second-order valence-corrected chi connectivity index (χ2v) is 2.05. The molecule has 44 valence electrons. The molecule has 0 aromatic rings. The third-order valence-corrected chi connectivity index (χ3v) is 1.44. The summed E-state index contributed by atoms with van der Waals surface area (Å²) in [5.41, 5.74) is 2.26. The summed E-state index contributed by atoms with van der Waals surface area (Å²) < 4.78 is 0. The van der Waals surface area contributed by atoms with Gasteiger partial charge in [0.15, 0.2) is 0 Å². The van der Waals surface area contributed by atoms with E-state index in [9.17, 15) is 0 Å². The molecule has 0 saturated heterocycles. The van der Waals surface area contributed by atoms with E-state index in [1.807, 2.05) is 18.4 Å². The largest absolute Gasteiger partial charge is 1.00 e. The van der Waals surface area contributed by atoms with Gasteiger partial charge in [-0.3, -0.25) is 0 Å². The Balaban J connectivity index is 0.000000500. The average molecular weight is 119 g/mol. The van der Waals surface area contributed by atoms with Gasteiger partial charge < -0.3 is 0 Å². The van der Waals surface area contributed by atoms with Crippen molar-refractivity contribution in [3.05, 3.63) is 35.7 Å². The maximum Gasteiger partial charge on any atom is 1.00 e. The number of hydrogen-bond acceptors (Lipinski definition) is 2. The first kappa shape index (κ1) is 4.68. The van der Waals surface area contributed by atoms with Crippen LogP contribution < -0.4 is 0 Å². The van der Waals surface area contributed by atoms with Crippen LogP contribution in [-0.2, 0) is 0 Å². The fourth-order valence-corrected chi connectivity index (χ4v) is 0.943. The van der Waals surface area contributed by atoms with Gasteiger partial charge in [-0.05, 0) is 12.5 Å². The Bertz CT molecular complexity index is 248. The van der Waals surface area contributed by atoms with Gasteiger partial charge in [-0.15, -0.1) is 0 Å². The van der Waals surface area contributed by atoms with E-state index in [1.165, 1.54) is 5.57 Å². The molecular weight excluding hydrogens is 112 g/mol. The van der Waals surface area contributed by atoms with Crippen molar-refractivity contribution in [3.8, 4) is 0 Å². The average Bonchev–Trinajstić information content (AvgIpc) is 2.33. The quantitative estimate of drug-likeness (QED) is 0.467. The summed E-state index contributed by atoms with van der Waals surface area (Å²) in [5, 5.41) is 7.68. The van der Waals surface area contributed by atoms with Crippen molar-refractivity contribution in [2.75, 3.05) is 0 Å². The second-order valence-electron chi connectivity index (χ2n) is 2.05. The number of fused-ring (bicyclic) bond motifs is 1. The van der Waals surface area contributed by atoms with E-state index in [-0.39, 0.29) is 1.43 Å². The highest BCUT2D eigenvalue weighted by Crippen LogP contribution is 2.24. The van der Waals surface area contributed by atoms with Crippen molar-refractivity contribution in [2.24, 2.45) is 10.2 Å². The third-order valence-electron chi connectivity index (χ3n) is 1.44. The van der Waals surface area contributed by atoms with Crippen LogP contribution in [0.2, 0.25) is 0 Å². The first-order chi connectivity index (χ1) is 4.47. The lowest BCUT2D eigenvalue weighted by atomic mass is 10.1. The lowest BCUT2D eigenvalue weighted by molar-refractivity contribution is 1.16. The van der Waals surface area contributed by atoms with E-state index in [4.69, 9.17) is 0 Å². The number of rotatable bonds is 0. The summed E-state index contributed by atoms with van der Waals surface area (Å²) in [6, 6.07) is 0. The molecule has 0 fully saturated rings. The van der Waals surface area contributed by atoms with Crippen LogP contribution in [-0.4, -0.2) is 0 Å². The fourth-order valence-electron chi connectivity index (χ4n) is 0.943. The van der Waals surface area contributed by atoms with Crippen LogP contribution in [0.3, 0.4) is 0 Å². The van der Waals surface area contributed by atoms with Gasteiger partial charge in [0.25, 0.3) is 0 Å². The predicted octanol–water partition coefficient (Wildman–Crippen LogP) is 2.29. The molecule has 9 heavy (non-hydrogen) atoms. The summed E-state index contributed by atoms with van der Waals surface area (Å²) >= 11 is 0. The smallest absolute Gasteiger partial charge is 0.158 e. The summed E-state index contributed by atoms with van der Waals surface area (Å²) in [7, 11) is 0. The van der Waals surface area contributed by atoms with Gasteiger partial charge in [-0.25, -0.2) is 0 Å². The Kier molecular flexibility index (Phi) is 0.859. The van der Waals surface area contributed by atoms with Crippen LogP contribution in [0.25, 0.3) is 0 Å². The van der Waals surface area contributed by atoms with Crippen LogP contribution >= 0.6 is 0 Å². The summed E-state index contributed by atoms with van der Waals surface area (Å²) in [4.78, 5) is 0. The first-order valence-electron chi connectivity index (χ1n) is 2.94. The number of nitrogens with zero attached hydrogens (tertiary/aromatic N) is 2. The molecule has 1 heterocycles. The summed E-state index contributed by atoms with van der Waals surface area (Å²) in [5.74, 6) is 0. The molecule has 0 aromatic carbocycles. The van der Waals surface area contributed by atoms with Crippen molar-refractivity contribution in [1.29, 1.82) is 0 Å². The highest BCUT2D eigenvalue weighted by atomic mass is 15.1. The number of hydrogen-bond donors (Lipinski definition) is 0. The lowest BCUT2D eigenvalue weighted by Gasteiger charge is -1.99. The van der Waals surface area contributed by atoms with Gasteiger partial charge >= 0.3 is 1.43 Å². The Morgan fingerprint density at radius 2 is 2.56 bits per heavy atom. The molecule has 2 heteroatoms. The molecule has 0 unspecified atom stereocenters. The lowest BCUT2D eigenvalue weighted by Crippen LogP contribution is -1.84. The molecule has 0 saturated carbocycles. The zero-order valence-electron chi connectivity index (χ0n) is 5.91. The van der Waals surface area contributed by atoms with Crippen molar-refractivity contribution >= 4 is 0 Å². The SMILES string of the molecule is C1=CCC2=CN=NC2=C1.[H+]. The zero-order valence-corrected chi connectivity index (χ0v) is 4.91. The van der Waals surface area contributed by atoms with E-state index in [0.717, 1.165) is 12.1 Å². The van der Waals surface area contributed by atoms with E-state index < -0.39 is 0 Å². The molecule has 0 aromatic heterocycles. The van der Waals surface area contributed by atoms with E-state index in [1.54, 1.807) is 0 Å². The van der Waals surface area contributed by atoms with Crippen LogP contribution in [0.15, 0.2) is 45.9 Å². The molecule has 0 N–H and O–H groups in total. The molecule has 0 bridgehead atoms. The van der Waals surface area contributed by atoms with Crippen molar-refractivity contribution in [1.82, 2.24) is 0 Å². The highest BCUT2D eigenvalue weighted by Gasteiger charge is 2.08. The molecule has 0 spiro atoms. The Labute approximate surface area is 54.8 Å². The standard InChI is InChI=1S/C7H6N2/c1-2-4-7-6(3-1)5-8-9-7/h1-2,4-5H,3H2/p+1.